The standard InChI is InChI=1S/C27H18F3N5O4/c1-34-20-12-33-19-10-21(38-2)22(39-25(26(32)36)14-3-5-15(28)6-4-14)9-16(19)23(20)35(27(34)37)24-17(29)7-13(11-31)8-18(24)30/h3-10,12,25H,1-2H3,(H2,32,36). The van der Waals surface area contributed by atoms with E-state index in [0.717, 1.165) is 33.4 Å². The molecule has 0 aliphatic heterocycles. The van der Waals surface area contributed by atoms with E-state index in [1.54, 1.807) is 6.07 Å². The van der Waals surface area contributed by atoms with Crippen molar-refractivity contribution in [3.63, 3.8) is 0 Å². The number of imidazole rings is 1. The summed E-state index contributed by atoms with van der Waals surface area (Å²) in [5.74, 6) is -3.51. The first kappa shape index (κ1) is 25.3. The van der Waals surface area contributed by atoms with E-state index in [9.17, 15) is 14.0 Å². The van der Waals surface area contributed by atoms with Crippen LogP contribution >= 0.6 is 0 Å². The molecule has 0 fully saturated rings. The quantitative estimate of drug-likeness (QED) is 0.354. The van der Waals surface area contributed by atoms with Crippen molar-refractivity contribution in [3.8, 4) is 23.3 Å². The fraction of sp³-hybridized carbons (Fsp3) is 0.111. The van der Waals surface area contributed by atoms with Gasteiger partial charge in [0.05, 0.1) is 41.5 Å². The normalized spacial score (nSPS) is 11.9. The molecule has 9 nitrogen and oxygen atoms in total. The molecule has 2 aromatic heterocycles. The molecule has 0 saturated heterocycles. The number of aryl methyl sites for hydroxylation is 1. The van der Waals surface area contributed by atoms with Crippen molar-refractivity contribution in [1.82, 2.24) is 14.1 Å². The van der Waals surface area contributed by atoms with Gasteiger partial charge in [0.15, 0.2) is 23.1 Å². The Bertz CT molecular complexity index is 1870. The molecule has 2 N–H and O–H groups in total. The van der Waals surface area contributed by atoms with Crippen molar-refractivity contribution in [2.24, 2.45) is 12.8 Å². The molecule has 5 rings (SSSR count). The number of carbonyl (C=O) groups excluding carboxylic acids is 1. The van der Waals surface area contributed by atoms with E-state index in [0.29, 0.717) is 0 Å². The Morgan fingerprint density at radius 1 is 1.08 bits per heavy atom. The SMILES string of the molecule is COc1cc2ncc3c(c2cc1OC(C(N)=O)c1ccc(F)cc1)n(-c1c(F)cc(C#N)cc1F)c(=O)n3C. The van der Waals surface area contributed by atoms with Crippen molar-refractivity contribution in [3.05, 3.63) is 93.8 Å². The number of amides is 1. The molecule has 5 aromatic rings. The number of benzene rings is 3. The number of hydrogen-bond donors (Lipinski definition) is 1. The third-order valence-corrected chi connectivity index (χ3v) is 6.21. The minimum atomic E-state index is -1.35. The monoisotopic (exact) mass is 533 g/mol. The zero-order chi connectivity index (χ0) is 28.0. The van der Waals surface area contributed by atoms with Gasteiger partial charge in [0.2, 0.25) is 6.10 Å². The summed E-state index contributed by atoms with van der Waals surface area (Å²) in [7, 11) is 2.76. The summed E-state index contributed by atoms with van der Waals surface area (Å²) in [5, 5.41) is 9.29. The first-order chi connectivity index (χ1) is 18.6. The van der Waals surface area contributed by atoms with Crippen LogP contribution in [0.25, 0.3) is 27.6 Å². The third kappa shape index (κ3) is 4.19. The van der Waals surface area contributed by atoms with Crippen LogP contribution in [0.3, 0.4) is 0 Å². The summed E-state index contributed by atoms with van der Waals surface area (Å²) < 4.78 is 56.9. The van der Waals surface area contributed by atoms with E-state index in [-0.39, 0.29) is 44.6 Å². The molecule has 2 heterocycles. The predicted octanol–water partition coefficient (Wildman–Crippen LogP) is 3.78. The molecule has 0 bridgehead atoms. The van der Waals surface area contributed by atoms with Gasteiger partial charge in [0, 0.05) is 24.1 Å². The van der Waals surface area contributed by atoms with E-state index < -0.39 is 40.8 Å². The van der Waals surface area contributed by atoms with E-state index >= 15 is 8.78 Å². The Hall–Kier alpha value is -5.31. The number of nitrogens with two attached hydrogens (primary N) is 1. The van der Waals surface area contributed by atoms with Crippen LogP contribution in [0, 0.1) is 28.8 Å². The van der Waals surface area contributed by atoms with Gasteiger partial charge in [0.25, 0.3) is 5.91 Å². The lowest BCUT2D eigenvalue weighted by molar-refractivity contribution is -0.125. The molecular weight excluding hydrogens is 515 g/mol. The average molecular weight is 533 g/mol. The molecule has 39 heavy (non-hydrogen) atoms. The minimum absolute atomic E-state index is 0.00366. The molecule has 1 unspecified atom stereocenters. The number of nitrogens with zero attached hydrogens (tertiary/aromatic N) is 4. The lowest BCUT2D eigenvalue weighted by Gasteiger charge is -2.19. The maximum absolute atomic E-state index is 15.1. The fourth-order valence-electron chi connectivity index (χ4n) is 4.36. The first-order valence-electron chi connectivity index (χ1n) is 11.3. The van der Waals surface area contributed by atoms with Gasteiger partial charge in [-0.25, -0.2) is 18.0 Å². The second-order valence-electron chi connectivity index (χ2n) is 8.54. The number of methoxy groups -OCH3 is 1. The molecule has 196 valence electrons. The van der Waals surface area contributed by atoms with E-state index in [1.165, 1.54) is 44.6 Å². The van der Waals surface area contributed by atoms with Crippen molar-refractivity contribution in [2.75, 3.05) is 7.11 Å². The number of ether oxygens (including phenoxy) is 2. The smallest absolute Gasteiger partial charge is 0.333 e. The molecule has 0 aliphatic rings. The van der Waals surface area contributed by atoms with Gasteiger partial charge in [-0.1, -0.05) is 12.1 Å². The van der Waals surface area contributed by atoms with Crippen LogP contribution in [0.2, 0.25) is 0 Å². The number of halogens is 3. The van der Waals surface area contributed by atoms with Gasteiger partial charge in [-0.05, 0) is 30.3 Å². The zero-order valence-corrected chi connectivity index (χ0v) is 20.4. The van der Waals surface area contributed by atoms with Crippen LogP contribution in [0.15, 0.2) is 59.5 Å². The van der Waals surface area contributed by atoms with Gasteiger partial charge in [-0.3, -0.25) is 18.9 Å². The van der Waals surface area contributed by atoms with E-state index in [2.05, 4.69) is 4.98 Å². The fourth-order valence-corrected chi connectivity index (χ4v) is 4.36. The molecular formula is C27H18F3N5O4. The predicted molar refractivity (Wildman–Crippen MR) is 134 cm³/mol. The van der Waals surface area contributed by atoms with Gasteiger partial charge < -0.3 is 15.2 Å². The molecule has 1 amide bonds. The number of primary amides is 1. The lowest BCUT2D eigenvalue weighted by atomic mass is 10.1. The van der Waals surface area contributed by atoms with Gasteiger partial charge in [-0.15, -0.1) is 0 Å². The number of pyridine rings is 1. The Morgan fingerprint density at radius 3 is 2.33 bits per heavy atom. The Kier molecular flexibility index (Phi) is 6.19. The molecule has 0 spiro atoms. The summed E-state index contributed by atoms with van der Waals surface area (Å²) in [6.45, 7) is 0. The number of aromatic nitrogens is 3. The van der Waals surface area contributed by atoms with Crippen LogP contribution < -0.4 is 20.9 Å². The van der Waals surface area contributed by atoms with Crippen molar-refractivity contribution in [2.45, 2.75) is 6.10 Å². The number of nitriles is 1. The third-order valence-electron chi connectivity index (χ3n) is 6.21. The first-order valence-corrected chi connectivity index (χ1v) is 11.3. The summed E-state index contributed by atoms with van der Waals surface area (Å²) in [6, 6.07) is 11.1. The highest BCUT2D eigenvalue weighted by molar-refractivity contribution is 6.04. The van der Waals surface area contributed by atoms with Crippen LogP contribution in [0.5, 0.6) is 11.5 Å². The second kappa shape index (κ2) is 9.53. The highest BCUT2D eigenvalue weighted by Crippen LogP contribution is 2.38. The van der Waals surface area contributed by atoms with E-state index in [1.807, 2.05) is 0 Å². The zero-order valence-electron chi connectivity index (χ0n) is 20.4. The molecule has 0 aliphatic carbocycles. The number of rotatable bonds is 6. The van der Waals surface area contributed by atoms with Gasteiger partial charge >= 0.3 is 5.69 Å². The summed E-state index contributed by atoms with van der Waals surface area (Å²) >= 11 is 0. The van der Waals surface area contributed by atoms with Crippen molar-refractivity contribution >= 4 is 27.8 Å². The Balaban J connectivity index is 1.79. The van der Waals surface area contributed by atoms with Gasteiger partial charge in [-0.2, -0.15) is 5.26 Å². The highest BCUT2D eigenvalue weighted by Gasteiger charge is 2.26. The van der Waals surface area contributed by atoms with Crippen LogP contribution in [-0.2, 0) is 11.8 Å². The molecule has 0 radical (unpaired) electrons. The molecule has 3 aromatic carbocycles. The summed E-state index contributed by atoms with van der Waals surface area (Å²) in [4.78, 5) is 29.9. The Morgan fingerprint density at radius 2 is 1.74 bits per heavy atom. The van der Waals surface area contributed by atoms with Crippen molar-refractivity contribution in [1.29, 1.82) is 5.26 Å². The van der Waals surface area contributed by atoms with Crippen LogP contribution in [0.4, 0.5) is 13.2 Å². The second-order valence-corrected chi connectivity index (χ2v) is 8.54. The van der Waals surface area contributed by atoms with E-state index in [4.69, 9.17) is 20.5 Å². The van der Waals surface area contributed by atoms with Gasteiger partial charge in [0.1, 0.15) is 11.5 Å². The molecule has 1 atom stereocenters. The largest absolute Gasteiger partial charge is 0.493 e. The molecule has 12 heteroatoms. The number of hydrogen-bond acceptors (Lipinski definition) is 6. The topological polar surface area (TPSA) is 125 Å². The number of fused-ring (bicyclic) bond motifs is 3. The maximum Gasteiger partial charge on any atom is 0.333 e. The van der Waals surface area contributed by atoms with Crippen LogP contribution in [0.1, 0.15) is 17.2 Å². The summed E-state index contributed by atoms with van der Waals surface area (Å²) in [6.07, 6.45) is 0.00944. The maximum atomic E-state index is 15.1. The number of carbonyl (C=O) groups is 1. The molecule has 0 saturated carbocycles. The van der Waals surface area contributed by atoms with Crippen molar-refractivity contribution < 1.29 is 27.4 Å². The average Bonchev–Trinajstić information content (AvgIpc) is 3.16. The highest BCUT2D eigenvalue weighted by atomic mass is 19.1. The Labute approximate surface area is 218 Å². The minimum Gasteiger partial charge on any atom is -0.493 e. The van der Waals surface area contributed by atoms with Crippen LogP contribution in [-0.4, -0.2) is 27.1 Å². The lowest BCUT2D eigenvalue weighted by Crippen LogP contribution is -2.26. The summed E-state index contributed by atoms with van der Waals surface area (Å²) in [5.41, 5.74) is 4.70.